The van der Waals surface area contributed by atoms with Crippen LogP contribution < -0.4 is 9.21 Å². The fraction of sp³-hybridized carbons (Fsp3) is 0.133. The smallest absolute Gasteiger partial charge is 0.339 e. The van der Waals surface area contributed by atoms with Crippen molar-refractivity contribution in [2.75, 3.05) is 16.3 Å². The van der Waals surface area contributed by atoms with Crippen LogP contribution in [-0.4, -0.2) is 18.2 Å². The molecule has 1 aliphatic rings. The van der Waals surface area contributed by atoms with E-state index in [9.17, 15) is 9.90 Å². The summed E-state index contributed by atoms with van der Waals surface area (Å²) in [6.07, 6.45) is 0. The van der Waals surface area contributed by atoms with Crippen molar-refractivity contribution < 1.29 is 9.90 Å². The van der Waals surface area contributed by atoms with Crippen LogP contribution in [0, 0.1) is 6.92 Å². The third kappa shape index (κ3) is 2.10. The zero-order valence-corrected chi connectivity index (χ0v) is 12.0. The van der Waals surface area contributed by atoms with Crippen molar-refractivity contribution in [3.05, 3.63) is 48.0 Å². The number of rotatable bonds is 1. The Morgan fingerprint density at radius 1 is 1.10 bits per heavy atom. The highest BCUT2D eigenvalue weighted by molar-refractivity contribution is 8.01. The molecule has 0 radical (unpaired) electrons. The maximum Gasteiger partial charge on any atom is 0.339 e. The van der Waals surface area contributed by atoms with E-state index >= 15 is 0 Å². The molecular formula is C15H14N2O2S. The first kappa shape index (κ1) is 12.9. The molecule has 2 aromatic carbocycles. The fourth-order valence-electron chi connectivity index (χ4n) is 2.07. The van der Waals surface area contributed by atoms with Gasteiger partial charge in [-0.25, -0.2) is 9.10 Å². The van der Waals surface area contributed by atoms with Gasteiger partial charge in [-0.3, -0.25) is 4.90 Å². The number of phenols is 1. The van der Waals surface area contributed by atoms with E-state index in [0.29, 0.717) is 0 Å². The molecule has 4 nitrogen and oxygen atoms in total. The van der Waals surface area contributed by atoms with Crippen molar-refractivity contribution in [2.45, 2.75) is 11.8 Å². The lowest BCUT2D eigenvalue weighted by molar-refractivity contribution is 0.255. The van der Waals surface area contributed by atoms with Crippen LogP contribution in [0.15, 0.2) is 47.4 Å². The molecule has 0 unspecified atom stereocenters. The Morgan fingerprint density at radius 3 is 2.50 bits per heavy atom. The van der Waals surface area contributed by atoms with Gasteiger partial charge in [-0.2, -0.15) is 0 Å². The maximum atomic E-state index is 12.4. The van der Waals surface area contributed by atoms with Gasteiger partial charge in [0.05, 0.1) is 16.3 Å². The number of nitrogens with zero attached hydrogens (tertiary/aromatic N) is 2. The molecule has 0 saturated carbocycles. The monoisotopic (exact) mass is 286 g/mol. The number of hydrogen-bond donors (Lipinski definition) is 1. The summed E-state index contributed by atoms with van der Waals surface area (Å²) in [6, 6.07) is 12.7. The van der Waals surface area contributed by atoms with Crippen LogP contribution in [0.1, 0.15) is 5.56 Å². The van der Waals surface area contributed by atoms with Crippen LogP contribution in [-0.2, 0) is 0 Å². The predicted molar refractivity (Wildman–Crippen MR) is 81.4 cm³/mol. The molecule has 2 aromatic rings. The summed E-state index contributed by atoms with van der Waals surface area (Å²) in [5.41, 5.74) is 2.72. The normalized spacial score (nSPS) is 14.4. The Balaban J connectivity index is 2.02. The Hall–Kier alpha value is -2.14. The van der Waals surface area contributed by atoms with E-state index in [1.165, 1.54) is 11.9 Å². The molecule has 3 rings (SSSR count). The lowest BCUT2D eigenvalue weighted by Crippen LogP contribution is -2.40. The Morgan fingerprint density at radius 2 is 1.80 bits per heavy atom. The Bertz CT molecular complexity index is 670. The van der Waals surface area contributed by atoms with Gasteiger partial charge in [0.1, 0.15) is 5.75 Å². The highest BCUT2D eigenvalue weighted by Gasteiger charge is 2.30. The van der Waals surface area contributed by atoms with Gasteiger partial charge in [0.2, 0.25) is 0 Å². The van der Waals surface area contributed by atoms with Gasteiger partial charge in [-0.15, -0.1) is 0 Å². The van der Waals surface area contributed by atoms with Crippen molar-refractivity contribution in [1.29, 1.82) is 0 Å². The van der Waals surface area contributed by atoms with Gasteiger partial charge in [0, 0.05) is 13.1 Å². The standard InChI is InChI=1S/C15H14N2O2S/c1-10-3-5-11(6-4-10)17-15(19)16(2)13-9-12(18)7-8-14(13)20-17/h3-9,18H,1-2H3. The van der Waals surface area contributed by atoms with E-state index in [4.69, 9.17) is 0 Å². The minimum atomic E-state index is -0.128. The number of aryl methyl sites for hydroxylation is 1. The fourth-order valence-corrected chi connectivity index (χ4v) is 3.11. The van der Waals surface area contributed by atoms with E-state index in [1.54, 1.807) is 28.4 Å². The number of hydrogen-bond acceptors (Lipinski definition) is 3. The van der Waals surface area contributed by atoms with Crippen molar-refractivity contribution >= 4 is 29.4 Å². The van der Waals surface area contributed by atoms with Gasteiger partial charge in [0.25, 0.3) is 0 Å². The van der Waals surface area contributed by atoms with Crippen molar-refractivity contribution in [2.24, 2.45) is 0 Å². The highest BCUT2D eigenvalue weighted by Crippen LogP contribution is 2.42. The van der Waals surface area contributed by atoms with E-state index in [0.717, 1.165) is 21.8 Å². The number of benzene rings is 2. The first-order valence-electron chi connectivity index (χ1n) is 6.22. The molecule has 2 amide bonds. The molecule has 20 heavy (non-hydrogen) atoms. The summed E-state index contributed by atoms with van der Waals surface area (Å²) in [6.45, 7) is 2.01. The molecule has 0 fully saturated rings. The zero-order valence-electron chi connectivity index (χ0n) is 11.2. The van der Waals surface area contributed by atoms with Crippen LogP contribution in [0.2, 0.25) is 0 Å². The molecule has 0 aliphatic carbocycles. The average molecular weight is 286 g/mol. The largest absolute Gasteiger partial charge is 0.508 e. The third-order valence-corrected chi connectivity index (χ3v) is 4.31. The van der Waals surface area contributed by atoms with Gasteiger partial charge in [0.15, 0.2) is 0 Å². The number of amides is 2. The molecule has 0 aromatic heterocycles. The lowest BCUT2D eigenvalue weighted by atomic mass is 10.2. The molecule has 5 heteroatoms. The third-order valence-electron chi connectivity index (χ3n) is 3.22. The maximum absolute atomic E-state index is 12.4. The second kappa shape index (κ2) is 4.76. The van der Waals surface area contributed by atoms with Crippen molar-refractivity contribution in [3.8, 4) is 5.75 Å². The molecule has 0 atom stereocenters. The molecule has 1 N–H and O–H groups in total. The van der Waals surface area contributed by atoms with Crippen molar-refractivity contribution in [1.82, 2.24) is 0 Å². The van der Waals surface area contributed by atoms with Crippen LogP contribution in [0.5, 0.6) is 5.75 Å². The van der Waals surface area contributed by atoms with Crippen molar-refractivity contribution in [3.63, 3.8) is 0 Å². The lowest BCUT2D eigenvalue weighted by Gasteiger charge is -2.33. The number of phenolic OH excluding ortho intramolecular Hbond substituents is 1. The molecule has 0 bridgehead atoms. The van der Waals surface area contributed by atoms with Crippen LogP contribution in [0.25, 0.3) is 0 Å². The van der Waals surface area contributed by atoms with Crippen LogP contribution in [0.4, 0.5) is 16.2 Å². The Kier molecular flexibility index (Phi) is 3.06. The van der Waals surface area contributed by atoms with E-state index < -0.39 is 0 Å². The van der Waals surface area contributed by atoms with Gasteiger partial charge >= 0.3 is 6.03 Å². The number of aromatic hydroxyl groups is 1. The van der Waals surface area contributed by atoms with E-state index in [1.807, 2.05) is 37.3 Å². The number of fused-ring (bicyclic) bond motifs is 1. The summed E-state index contributed by atoms with van der Waals surface area (Å²) >= 11 is 1.37. The predicted octanol–water partition coefficient (Wildman–Crippen LogP) is 3.78. The second-order valence-electron chi connectivity index (χ2n) is 4.71. The first-order valence-corrected chi connectivity index (χ1v) is 6.99. The summed E-state index contributed by atoms with van der Waals surface area (Å²) in [4.78, 5) is 14.9. The molecule has 0 saturated heterocycles. The topological polar surface area (TPSA) is 43.8 Å². The van der Waals surface area contributed by atoms with E-state index in [-0.39, 0.29) is 11.8 Å². The number of carbonyl (C=O) groups excluding carboxylic acids is 1. The molecule has 1 aliphatic heterocycles. The quantitative estimate of drug-likeness (QED) is 0.811. The van der Waals surface area contributed by atoms with Crippen LogP contribution >= 0.6 is 11.9 Å². The summed E-state index contributed by atoms with van der Waals surface area (Å²) in [7, 11) is 1.71. The van der Waals surface area contributed by atoms with Crippen LogP contribution in [0.3, 0.4) is 0 Å². The molecular weight excluding hydrogens is 272 g/mol. The summed E-state index contributed by atoms with van der Waals surface area (Å²) in [5, 5.41) is 9.54. The molecule has 102 valence electrons. The summed E-state index contributed by atoms with van der Waals surface area (Å²) in [5.74, 6) is 0.160. The SMILES string of the molecule is Cc1ccc(N2Sc3ccc(O)cc3N(C)C2=O)cc1. The van der Waals surface area contributed by atoms with Gasteiger partial charge in [-0.05, 0) is 43.1 Å². The highest BCUT2D eigenvalue weighted by atomic mass is 32.2. The number of carbonyl (C=O) groups is 1. The summed E-state index contributed by atoms with van der Waals surface area (Å²) < 4.78 is 1.65. The number of anilines is 2. The Labute approximate surface area is 121 Å². The zero-order chi connectivity index (χ0) is 14.3. The van der Waals surface area contributed by atoms with Gasteiger partial charge in [-0.1, -0.05) is 17.7 Å². The minimum absolute atomic E-state index is 0.128. The second-order valence-corrected chi connectivity index (χ2v) is 5.70. The molecule has 1 heterocycles. The first-order chi connectivity index (χ1) is 9.56. The van der Waals surface area contributed by atoms with E-state index in [2.05, 4.69) is 0 Å². The molecule has 0 spiro atoms. The minimum Gasteiger partial charge on any atom is -0.508 e. The number of urea groups is 1. The average Bonchev–Trinajstić information content (AvgIpc) is 2.44. The van der Waals surface area contributed by atoms with Gasteiger partial charge < -0.3 is 5.11 Å².